The first-order valence-electron chi connectivity index (χ1n) is 7.90. The van der Waals surface area contributed by atoms with Gasteiger partial charge < -0.3 is 10.6 Å². The second-order valence-electron chi connectivity index (χ2n) is 5.94. The van der Waals surface area contributed by atoms with Gasteiger partial charge in [0.1, 0.15) is 12.4 Å². The molecular formula is C14H23N5O2. The van der Waals surface area contributed by atoms with Gasteiger partial charge in [0.25, 0.3) is 0 Å². The summed E-state index contributed by atoms with van der Waals surface area (Å²) in [5, 5.41) is 10.5. The highest BCUT2D eigenvalue weighted by Gasteiger charge is 2.19. The van der Waals surface area contributed by atoms with Crippen LogP contribution < -0.4 is 16.3 Å². The predicted molar refractivity (Wildman–Crippen MR) is 77.8 cm³/mol. The lowest BCUT2D eigenvalue weighted by molar-refractivity contribution is -0.122. The summed E-state index contributed by atoms with van der Waals surface area (Å²) >= 11 is 0. The molecule has 0 aromatic carbocycles. The van der Waals surface area contributed by atoms with Crippen LogP contribution in [0.5, 0.6) is 0 Å². The number of carbonyl (C=O) groups is 1. The molecule has 2 aliphatic rings. The monoisotopic (exact) mass is 293 g/mol. The molecule has 0 saturated heterocycles. The number of rotatable bonds is 3. The van der Waals surface area contributed by atoms with Gasteiger partial charge in [-0.2, -0.15) is 5.10 Å². The molecule has 1 saturated carbocycles. The van der Waals surface area contributed by atoms with Crippen molar-refractivity contribution in [2.75, 3.05) is 6.54 Å². The average Bonchev–Trinajstić information content (AvgIpc) is 2.67. The molecule has 0 unspecified atom stereocenters. The fourth-order valence-electron chi connectivity index (χ4n) is 3.17. The van der Waals surface area contributed by atoms with Crippen LogP contribution in [0, 0.1) is 0 Å². The molecule has 1 fully saturated rings. The van der Waals surface area contributed by atoms with Gasteiger partial charge in [-0.25, -0.2) is 9.48 Å². The summed E-state index contributed by atoms with van der Waals surface area (Å²) in [6.45, 7) is 2.01. The molecule has 0 atom stereocenters. The van der Waals surface area contributed by atoms with E-state index in [9.17, 15) is 9.59 Å². The van der Waals surface area contributed by atoms with Gasteiger partial charge in [0.2, 0.25) is 5.91 Å². The zero-order chi connectivity index (χ0) is 14.7. The summed E-state index contributed by atoms with van der Waals surface area (Å²) in [5.41, 5.74) is -0.178. The van der Waals surface area contributed by atoms with E-state index >= 15 is 0 Å². The van der Waals surface area contributed by atoms with E-state index in [2.05, 4.69) is 15.7 Å². The van der Waals surface area contributed by atoms with Crippen molar-refractivity contribution in [3.63, 3.8) is 0 Å². The number of fused-ring (bicyclic) bond motifs is 1. The number of carbonyl (C=O) groups excluding carboxylic acids is 1. The Morgan fingerprint density at radius 1 is 1.29 bits per heavy atom. The minimum absolute atomic E-state index is 0.0231. The SMILES string of the molecule is O=C(Cn1nc2n(c1=O)CCNC2)NC1CCCCCC1. The van der Waals surface area contributed by atoms with E-state index < -0.39 is 0 Å². The number of nitrogens with zero attached hydrogens (tertiary/aromatic N) is 3. The smallest absolute Gasteiger partial charge is 0.346 e. The molecule has 7 heteroatoms. The van der Waals surface area contributed by atoms with E-state index in [0.29, 0.717) is 18.9 Å². The Hall–Kier alpha value is -1.63. The molecule has 0 spiro atoms. The number of hydrogen-bond donors (Lipinski definition) is 2. The normalized spacial score (nSPS) is 19.8. The summed E-state index contributed by atoms with van der Waals surface area (Å²) in [4.78, 5) is 24.3. The maximum Gasteiger partial charge on any atom is 0.346 e. The van der Waals surface area contributed by atoms with Gasteiger partial charge in [0.05, 0.1) is 6.54 Å². The Bertz CT molecular complexity index is 554. The quantitative estimate of drug-likeness (QED) is 0.768. The van der Waals surface area contributed by atoms with Crippen molar-refractivity contribution in [3.05, 3.63) is 16.3 Å². The number of amides is 1. The first kappa shape index (κ1) is 14.3. The number of aromatic nitrogens is 3. The molecule has 1 aliphatic carbocycles. The van der Waals surface area contributed by atoms with E-state index in [1.165, 1.54) is 30.4 Å². The van der Waals surface area contributed by atoms with Crippen LogP contribution in [0.4, 0.5) is 0 Å². The molecule has 116 valence electrons. The van der Waals surface area contributed by atoms with E-state index in [4.69, 9.17) is 0 Å². The van der Waals surface area contributed by atoms with Gasteiger partial charge in [-0.3, -0.25) is 9.36 Å². The minimum atomic E-state index is -0.178. The summed E-state index contributed by atoms with van der Waals surface area (Å²) in [7, 11) is 0. The minimum Gasteiger partial charge on any atom is -0.352 e. The van der Waals surface area contributed by atoms with E-state index in [-0.39, 0.29) is 24.2 Å². The fraction of sp³-hybridized carbons (Fsp3) is 0.786. The molecule has 2 heterocycles. The molecule has 1 amide bonds. The molecule has 0 bridgehead atoms. The molecule has 0 radical (unpaired) electrons. The lowest BCUT2D eigenvalue weighted by Crippen LogP contribution is -2.39. The van der Waals surface area contributed by atoms with Gasteiger partial charge in [0.15, 0.2) is 0 Å². The zero-order valence-corrected chi connectivity index (χ0v) is 12.3. The second-order valence-corrected chi connectivity index (χ2v) is 5.94. The Balaban J connectivity index is 1.62. The van der Waals surface area contributed by atoms with Crippen LogP contribution in [0.3, 0.4) is 0 Å². The van der Waals surface area contributed by atoms with Crippen LogP contribution in [0.25, 0.3) is 0 Å². The van der Waals surface area contributed by atoms with Crippen molar-refractivity contribution in [1.29, 1.82) is 0 Å². The third-order valence-corrected chi connectivity index (χ3v) is 4.31. The van der Waals surface area contributed by atoms with Crippen molar-refractivity contribution in [3.8, 4) is 0 Å². The number of hydrogen-bond acceptors (Lipinski definition) is 4. The van der Waals surface area contributed by atoms with E-state index in [1.54, 1.807) is 4.57 Å². The van der Waals surface area contributed by atoms with Gasteiger partial charge in [-0.15, -0.1) is 0 Å². The highest BCUT2D eigenvalue weighted by molar-refractivity contribution is 5.75. The van der Waals surface area contributed by atoms with Gasteiger partial charge in [-0.05, 0) is 12.8 Å². The van der Waals surface area contributed by atoms with Crippen LogP contribution in [0.1, 0.15) is 44.3 Å². The van der Waals surface area contributed by atoms with Crippen LogP contribution in [-0.4, -0.2) is 32.8 Å². The molecule has 1 aromatic heterocycles. The van der Waals surface area contributed by atoms with Crippen molar-refractivity contribution in [2.24, 2.45) is 0 Å². The van der Waals surface area contributed by atoms with Crippen molar-refractivity contribution >= 4 is 5.91 Å². The topological polar surface area (TPSA) is 81.0 Å². The molecular weight excluding hydrogens is 270 g/mol. The maximum atomic E-state index is 12.2. The first-order valence-corrected chi connectivity index (χ1v) is 7.90. The van der Waals surface area contributed by atoms with Crippen molar-refractivity contribution in [1.82, 2.24) is 25.0 Å². The molecule has 1 aliphatic heterocycles. The van der Waals surface area contributed by atoms with Crippen LogP contribution in [0.15, 0.2) is 4.79 Å². The second kappa shape index (κ2) is 6.43. The summed E-state index contributed by atoms with van der Waals surface area (Å²) in [6, 6.07) is 0.259. The molecule has 7 nitrogen and oxygen atoms in total. The van der Waals surface area contributed by atoms with Gasteiger partial charge in [0, 0.05) is 19.1 Å². The maximum absolute atomic E-state index is 12.2. The summed E-state index contributed by atoms with van der Waals surface area (Å²) in [6.07, 6.45) is 6.96. The summed E-state index contributed by atoms with van der Waals surface area (Å²) in [5.74, 6) is 0.612. The Morgan fingerprint density at radius 3 is 2.76 bits per heavy atom. The molecule has 1 aromatic rings. The molecule has 21 heavy (non-hydrogen) atoms. The van der Waals surface area contributed by atoms with Gasteiger partial charge >= 0.3 is 5.69 Å². The van der Waals surface area contributed by atoms with Gasteiger partial charge in [-0.1, -0.05) is 25.7 Å². The Kier molecular flexibility index (Phi) is 4.38. The third-order valence-electron chi connectivity index (χ3n) is 4.31. The Labute approximate surface area is 123 Å². The largest absolute Gasteiger partial charge is 0.352 e. The number of nitrogens with one attached hydrogen (secondary N) is 2. The first-order chi connectivity index (χ1) is 10.2. The van der Waals surface area contributed by atoms with Crippen LogP contribution >= 0.6 is 0 Å². The summed E-state index contributed by atoms with van der Waals surface area (Å²) < 4.78 is 2.93. The van der Waals surface area contributed by atoms with Crippen molar-refractivity contribution in [2.45, 2.75) is 64.2 Å². The van der Waals surface area contributed by atoms with E-state index in [0.717, 1.165) is 19.4 Å². The van der Waals surface area contributed by atoms with E-state index in [1.807, 2.05) is 0 Å². The standard InChI is InChI=1S/C14H23N5O2/c20-13(16-11-5-3-1-2-4-6-11)10-19-14(21)18-8-7-15-9-12(18)17-19/h11,15H,1-10H2,(H,16,20). The molecule has 3 rings (SSSR count). The lowest BCUT2D eigenvalue weighted by Gasteiger charge is -2.15. The highest BCUT2D eigenvalue weighted by Crippen LogP contribution is 2.17. The van der Waals surface area contributed by atoms with Crippen LogP contribution in [-0.2, 0) is 24.4 Å². The highest BCUT2D eigenvalue weighted by atomic mass is 16.2. The lowest BCUT2D eigenvalue weighted by atomic mass is 10.1. The average molecular weight is 293 g/mol. The third kappa shape index (κ3) is 3.34. The van der Waals surface area contributed by atoms with Crippen LogP contribution in [0.2, 0.25) is 0 Å². The predicted octanol–water partition coefficient (Wildman–Crippen LogP) is -0.0130. The zero-order valence-electron chi connectivity index (χ0n) is 12.3. The van der Waals surface area contributed by atoms with Crippen molar-refractivity contribution < 1.29 is 4.79 Å². The molecule has 2 N–H and O–H groups in total. The Morgan fingerprint density at radius 2 is 2.05 bits per heavy atom. The fourth-order valence-corrected chi connectivity index (χ4v) is 3.17.